The molecule has 1 aromatic heterocycles. The predicted octanol–water partition coefficient (Wildman–Crippen LogP) is 3.41. The molecule has 0 fully saturated rings. The molecule has 21 heavy (non-hydrogen) atoms. The van der Waals surface area contributed by atoms with Gasteiger partial charge in [-0.2, -0.15) is 0 Å². The van der Waals surface area contributed by atoms with Gasteiger partial charge in [0.25, 0.3) is 0 Å². The monoisotopic (exact) mass is 388 g/mol. The van der Waals surface area contributed by atoms with Crippen molar-refractivity contribution in [1.29, 1.82) is 0 Å². The predicted molar refractivity (Wildman–Crippen MR) is 86.9 cm³/mol. The Labute approximate surface area is 137 Å². The van der Waals surface area contributed by atoms with Crippen LogP contribution in [0.25, 0.3) is 0 Å². The lowest BCUT2D eigenvalue weighted by Gasteiger charge is -2.14. The number of nitrogens with one attached hydrogen (secondary N) is 1. The van der Waals surface area contributed by atoms with Gasteiger partial charge in [-0.15, -0.1) is 0 Å². The highest BCUT2D eigenvalue weighted by Gasteiger charge is 2.18. The minimum Gasteiger partial charge on any atom is -0.244 e. The fraction of sp³-hybridized carbons (Fsp3) is 0.214. The summed E-state index contributed by atoms with van der Waals surface area (Å²) in [6.07, 6.45) is 1.97. The van der Waals surface area contributed by atoms with Crippen molar-refractivity contribution in [3.05, 3.63) is 57.8 Å². The highest BCUT2D eigenvalue weighted by atomic mass is 79.9. The average Bonchev–Trinajstić information content (AvgIpc) is 2.41. The van der Waals surface area contributed by atoms with Gasteiger partial charge in [-0.05, 0) is 43.2 Å². The highest BCUT2D eigenvalue weighted by molar-refractivity contribution is 9.10. The van der Waals surface area contributed by atoms with Crippen molar-refractivity contribution in [3.8, 4) is 0 Å². The maximum absolute atomic E-state index is 12.2. The van der Waals surface area contributed by atoms with Crippen LogP contribution in [0.1, 0.15) is 12.5 Å². The molecular weight excluding hydrogens is 376 g/mol. The number of aromatic nitrogens is 1. The number of benzene rings is 1. The Morgan fingerprint density at radius 1 is 1.29 bits per heavy atom. The van der Waals surface area contributed by atoms with E-state index in [1.165, 1.54) is 18.3 Å². The minimum atomic E-state index is -3.59. The van der Waals surface area contributed by atoms with E-state index in [2.05, 4.69) is 25.6 Å². The van der Waals surface area contributed by atoms with Gasteiger partial charge in [-0.3, -0.25) is 0 Å². The van der Waals surface area contributed by atoms with Crippen LogP contribution < -0.4 is 4.72 Å². The number of hydrogen-bond donors (Lipinski definition) is 1. The molecule has 0 aliphatic carbocycles. The van der Waals surface area contributed by atoms with Crippen molar-refractivity contribution >= 4 is 37.6 Å². The number of pyridine rings is 1. The third-order valence-corrected chi connectivity index (χ3v) is 5.14. The van der Waals surface area contributed by atoms with Crippen LogP contribution in [0.15, 0.2) is 52.0 Å². The highest BCUT2D eigenvalue weighted by Crippen LogP contribution is 2.15. The maximum atomic E-state index is 12.2. The SMILES string of the molecule is CC(Cc1ccc(Br)cc1)NS(=O)(=O)c1ccnc(Cl)c1. The molecule has 0 aliphatic rings. The fourth-order valence-electron chi connectivity index (χ4n) is 1.90. The van der Waals surface area contributed by atoms with Crippen molar-refractivity contribution < 1.29 is 8.42 Å². The van der Waals surface area contributed by atoms with Gasteiger partial charge in [-0.1, -0.05) is 39.7 Å². The Morgan fingerprint density at radius 3 is 2.57 bits per heavy atom. The van der Waals surface area contributed by atoms with E-state index in [4.69, 9.17) is 11.6 Å². The van der Waals surface area contributed by atoms with E-state index in [9.17, 15) is 8.42 Å². The molecule has 1 N–H and O–H groups in total. The molecule has 1 atom stereocenters. The van der Waals surface area contributed by atoms with Crippen molar-refractivity contribution in [2.75, 3.05) is 0 Å². The molecule has 0 spiro atoms. The van der Waals surface area contributed by atoms with Gasteiger partial charge < -0.3 is 0 Å². The number of hydrogen-bond acceptors (Lipinski definition) is 3. The standard InChI is InChI=1S/C14H14BrClN2O2S/c1-10(8-11-2-4-12(15)5-3-11)18-21(19,20)13-6-7-17-14(16)9-13/h2-7,9-10,18H,8H2,1H3. The van der Waals surface area contributed by atoms with E-state index in [0.717, 1.165) is 10.0 Å². The zero-order chi connectivity index (χ0) is 15.5. The second-order valence-corrected chi connectivity index (χ2v) is 7.68. The fourth-order valence-corrected chi connectivity index (χ4v) is 3.66. The Bertz CT molecular complexity index is 720. The Balaban J connectivity index is 2.07. The Hall–Kier alpha value is -0.950. The minimum absolute atomic E-state index is 0.116. The van der Waals surface area contributed by atoms with E-state index < -0.39 is 10.0 Å². The topological polar surface area (TPSA) is 59.1 Å². The molecule has 2 rings (SSSR count). The Morgan fingerprint density at radius 2 is 1.95 bits per heavy atom. The van der Waals surface area contributed by atoms with Crippen LogP contribution in [0.2, 0.25) is 5.15 Å². The lowest BCUT2D eigenvalue weighted by atomic mass is 10.1. The van der Waals surface area contributed by atoms with Crippen molar-refractivity contribution in [3.63, 3.8) is 0 Å². The van der Waals surface area contributed by atoms with Crippen LogP contribution >= 0.6 is 27.5 Å². The molecule has 0 saturated heterocycles. The first-order valence-corrected chi connectivity index (χ1v) is 8.90. The Kier molecular flexibility index (Phi) is 5.37. The summed E-state index contributed by atoms with van der Waals surface area (Å²) in [7, 11) is -3.59. The molecule has 0 aliphatic heterocycles. The van der Waals surface area contributed by atoms with Crippen LogP contribution in [0, 0.1) is 0 Å². The van der Waals surface area contributed by atoms with E-state index in [0.29, 0.717) is 6.42 Å². The number of rotatable bonds is 5. The molecule has 0 amide bonds. The maximum Gasteiger partial charge on any atom is 0.240 e. The first-order chi connectivity index (χ1) is 9.87. The average molecular weight is 390 g/mol. The second-order valence-electron chi connectivity index (χ2n) is 4.67. The van der Waals surface area contributed by atoms with Crippen LogP contribution in [0.4, 0.5) is 0 Å². The second kappa shape index (κ2) is 6.87. The van der Waals surface area contributed by atoms with Crippen molar-refractivity contribution in [1.82, 2.24) is 9.71 Å². The molecule has 4 nitrogen and oxygen atoms in total. The summed E-state index contributed by atoms with van der Waals surface area (Å²) >= 11 is 9.09. The van der Waals surface area contributed by atoms with Crippen LogP contribution in [-0.2, 0) is 16.4 Å². The summed E-state index contributed by atoms with van der Waals surface area (Å²) in [6.45, 7) is 1.82. The van der Waals surface area contributed by atoms with E-state index in [-0.39, 0.29) is 16.1 Å². The number of sulfonamides is 1. The van der Waals surface area contributed by atoms with Crippen molar-refractivity contribution in [2.24, 2.45) is 0 Å². The van der Waals surface area contributed by atoms with E-state index >= 15 is 0 Å². The molecule has 2 aromatic rings. The van der Waals surface area contributed by atoms with E-state index in [1.807, 2.05) is 31.2 Å². The molecule has 112 valence electrons. The number of nitrogens with zero attached hydrogens (tertiary/aromatic N) is 1. The van der Waals surface area contributed by atoms with Gasteiger partial charge in [0.05, 0.1) is 4.90 Å². The van der Waals surface area contributed by atoms with E-state index in [1.54, 1.807) is 0 Å². The van der Waals surface area contributed by atoms with Crippen LogP contribution in [0.3, 0.4) is 0 Å². The summed E-state index contributed by atoms with van der Waals surface area (Å²) in [4.78, 5) is 3.89. The summed E-state index contributed by atoms with van der Waals surface area (Å²) in [5.74, 6) is 0. The molecule has 7 heteroatoms. The molecule has 0 radical (unpaired) electrons. The summed E-state index contributed by atoms with van der Waals surface area (Å²) in [5.41, 5.74) is 1.06. The third-order valence-electron chi connectivity index (χ3n) is 2.82. The molecular formula is C14H14BrClN2O2S. The largest absolute Gasteiger partial charge is 0.244 e. The molecule has 1 aromatic carbocycles. The van der Waals surface area contributed by atoms with Gasteiger partial charge in [0.2, 0.25) is 10.0 Å². The third kappa shape index (κ3) is 4.78. The first-order valence-electron chi connectivity index (χ1n) is 6.25. The number of halogens is 2. The van der Waals surface area contributed by atoms with Crippen LogP contribution in [-0.4, -0.2) is 19.4 Å². The lowest BCUT2D eigenvalue weighted by molar-refractivity contribution is 0.559. The molecule has 1 unspecified atom stereocenters. The van der Waals surface area contributed by atoms with Gasteiger partial charge in [0.1, 0.15) is 5.15 Å². The zero-order valence-electron chi connectivity index (χ0n) is 11.3. The smallest absolute Gasteiger partial charge is 0.240 e. The zero-order valence-corrected chi connectivity index (χ0v) is 14.4. The molecule has 0 saturated carbocycles. The van der Waals surface area contributed by atoms with Gasteiger partial charge in [0, 0.05) is 16.7 Å². The normalized spacial score (nSPS) is 13.1. The first kappa shape index (κ1) is 16.4. The van der Waals surface area contributed by atoms with Gasteiger partial charge >= 0.3 is 0 Å². The summed E-state index contributed by atoms with van der Waals surface area (Å²) in [5, 5.41) is 0.151. The molecule has 0 bridgehead atoms. The van der Waals surface area contributed by atoms with Crippen molar-refractivity contribution in [2.45, 2.75) is 24.3 Å². The summed E-state index contributed by atoms with van der Waals surface area (Å²) < 4.78 is 28.1. The quantitative estimate of drug-likeness (QED) is 0.797. The van der Waals surface area contributed by atoms with Gasteiger partial charge in [0.15, 0.2) is 0 Å². The van der Waals surface area contributed by atoms with Crippen LogP contribution in [0.5, 0.6) is 0 Å². The summed E-state index contributed by atoms with van der Waals surface area (Å²) in [6, 6.07) is 10.3. The molecule has 1 heterocycles. The lowest BCUT2D eigenvalue weighted by Crippen LogP contribution is -2.34. The van der Waals surface area contributed by atoms with Gasteiger partial charge in [-0.25, -0.2) is 18.1 Å².